The Morgan fingerprint density at radius 2 is 2.19 bits per heavy atom. The summed E-state index contributed by atoms with van der Waals surface area (Å²) in [6.45, 7) is 2.54. The fraction of sp³-hybridized carbons (Fsp3) is 0.438. The van der Waals surface area contributed by atoms with E-state index < -0.39 is 0 Å². The van der Waals surface area contributed by atoms with Crippen molar-refractivity contribution < 1.29 is 4.74 Å². The summed E-state index contributed by atoms with van der Waals surface area (Å²) >= 11 is 7.93. The molecule has 1 unspecified atom stereocenters. The Morgan fingerprint density at radius 3 is 2.90 bits per heavy atom. The minimum atomic E-state index is 0.476. The maximum atomic E-state index is 6.28. The molecule has 0 fully saturated rings. The van der Waals surface area contributed by atoms with Gasteiger partial charge in [-0.15, -0.1) is 11.3 Å². The molecule has 2 aromatic rings. The lowest BCUT2D eigenvalue weighted by molar-refractivity contribution is 0.197. The van der Waals surface area contributed by atoms with Gasteiger partial charge >= 0.3 is 0 Å². The molecule has 0 spiro atoms. The highest BCUT2D eigenvalue weighted by Gasteiger charge is 2.13. The molecule has 3 nitrogen and oxygen atoms in total. The molecular formula is C16H21ClN2OS. The maximum Gasteiger partial charge on any atom is 0.0794 e. The van der Waals surface area contributed by atoms with Crippen LogP contribution in [0.2, 0.25) is 5.02 Å². The van der Waals surface area contributed by atoms with Gasteiger partial charge in [-0.2, -0.15) is 0 Å². The zero-order valence-electron chi connectivity index (χ0n) is 12.2. The predicted molar refractivity (Wildman–Crippen MR) is 89.2 cm³/mol. The number of aromatic nitrogens is 1. The number of thiazole rings is 1. The van der Waals surface area contributed by atoms with Crippen molar-refractivity contribution in [3.05, 3.63) is 51.4 Å². The Balaban J connectivity index is 1.95. The van der Waals surface area contributed by atoms with Gasteiger partial charge in [0, 0.05) is 24.1 Å². The minimum absolute atomic E-state index is 0.476. The smallest absolute Gasteiger partial charge is 0.0794 e. The highest BCUT2D eigenvalue weighted by molar-refractivity contribution is 7.07. The molecule has 1 atom stereocenters. The van der Waals surface area contributed by atoms with Crippen molar-refractivity contribution in [1.82, 2.24) is 10.3 Å². The van der Waals surface area contributed by atoms with Crippen molar-refractivity contribution in [3.63, 3.8) is 0 Å². The van der Waals surface area contributed by atoms with Gasteiger partial charge in [0.15, 0.2) is 0 Å². The third kappa shape index (κ3) is 5.75. The highest BCUT2D eigenvalue weighted by Crippen LogP contribution is 2.21. The van der Waals surface area contributed by atoms with Crippen LogP contribution in [0.5, 0.6) is 0 Å². The number of benzene rings is 1. The second kappa shape index (κ2) is 9.15. The quantitative estimate of drug-likeness (QED) is 0.718. The Bertz CT molecular complexity index is 519. The average Bonchev–Trinajstić information content (AvgIpc) is 2.99. The number of hydrogen-bond acceptors (Lipinski definition) is 4. The van der Waals surface area contributed by atoms with Crippen molar-refractivity contribution in [3.8, 4) is 0 Å². The van der Waals surface area contributed by atoms with Crippen LogP contribution in [0.15, 0.2) is 35.2 Å². The number of ether oxygens (including phenoxy) is 1. The number of halogens is 1. The standard InChI is InChI=1S/C16H21ClN2OS/c1-20-7-6-18-10-13(9-15-11-21-12-19-15)8-14-4-2-3-5-16(14)17/h2-5,11-13,18H,6-10H2,1H3. The Morgan fingerprint density at radius 1 is 1.33 bits per heavy atom. The van der Waals surface area contributed by atoms with Crippen LogP contribution in [-0.4, -0.2) is 31.8 Å². The molecule has 2 rings (SSSR count). The van der Waals surface area contributed by atoms with E-state index in [-0.39, 0.29) is 0 Å². The molecule has 5 heteroatoms. The zero-order chi connectivity index (χ0) is 14.9. The Labute approximate surface area is 135 Å². The van der Waals surface area contributed by atoms with Crippen molar-refractivity contribution in [2.24, 2.45) is 5.92 Å². The second-order valence-electron chi connectivity index (χ2n) is 5.04. The maximum absolute atomic E-state index is 6.28. The number of rotatable bonds is 9. The molecule has 0 saturated heterocycles. The first-order valence-corrected chi connectivity index (χ1v) is 8.41. The van der Waals surface area contributed by atoms with Gasteiger partial charge in [-0.1, -0.05) is 29.8 Å². The summed E-state index contributed by atoms with van der Waals surface area (Å²) in [5.41, 5.74) is 4.25. The third-order valence-electron chi connectivity index (χ3n) is 3.36. The molecule has 1 aromatic heterocycles. The summed E-state index contributed by atoms with van der Waals surface area (Å²) in [6.07, 6.45) is 1.92. The molecule has 0 bridgehead atoms. The van der Waals surface area contributed by atoms with E-state index in [2.05, 4.69) is 21.7 Å². The molecule has 0 aliphatic heterocycles. The van der Waals surface area contributed by atoms with Gasteiger partial charge in [0.05, 0.1) is 17.8 Å². The summed E-state index contributed by atoms with van der Waals surface area (Å²) in [5.74, 6) is 0.476. The largest absolute Gasteiger partial charge is 0.383 e. The molecule has 114 valence electrons. The van der Waals surface area contributed by atoms with Crippen LogP contribution in [0.25, 0.3) is 0 Å². The molecule has 0 saturated carbocycles. The zero-order valence-corrected chi connectivity index (χ0v) is 13.8. The van der Waals surface area contributed by atoms with Crippen LogP contribution in [0.3, 0.4) is 0 Å². The molecule has 1 heterocycles. The van der Waals surface area contributed by atoms with Crippen LogP contribution in [0.1, 0.15) is 11.3 Å². The predicted octanol–water partition coefficient (Wildman–Crippen LogP) is 3.43. The van der Waals surface area contributed by atoms with Crippen molar-refractivity contribution in [2.45, 2.75) is 12.8 Å². The lowest BCUT2D eigenvalue weighted by atomic mass is 9.95. The molecular weight excluding hydrogens is 304 g/mol. The summed E-state index contributed by atoms with van der Waals surface area (Å²) in [4.78, 5) is 4.40. The summed E-state index contributed by atoms with van der Waals surface area (Å²) in [7, 11) is 1.72. The summed E-state index contributed by atoms with van der Waals surface area (Å²) < 4.78 is 5.07. The fourth-order valence-corrected chi connectivity index (χ4v) is 3.09. The second-order valence-corrected chi connectivity index (χ2v) is 6.17. The van der Waals surface area contributed by atoms with E-state index in [4.69, 9.17) is 16.3 Å². The van der Waals surface area contributed by atoms with Crippen LogP contribution in [0, 0.1) is 5.92 Å². The van der Waals surface area contributed by atoms with E-state index in [1.807, 2.05) is 23.7 Å². The monoisotopic (exact) mass is 324 g/mol. The Hall–Kier alpha value is -0.940. The number of nitrogens with one attached hydrogen (secondary N) is 1. The highest BCUT2D eigenvalue weighted by atomic mass is 35.5. The first-order valence-electron chi connectivity index (χ1n) is 7.09. The van der Waals surface area contributed by atoms with Crippen LogP contribution < -0.4 is 5.32 Å². The summed E-state index contributed by atoms with van der Waals surface area (Å²) in [5, 5.41) is 6.41. The van der Waals surface area contributed by atoms with Gasteiger partial charge < -0.3 is 10.1 Å². The van der Waals surface area contributed by atoms with Gasteiger partial charge in [-0.05, 0) is 36.9 Å². The third-order valence-corrected chi connectivity index (χ3v) is 4.37. The lowest BCUT2D eigenvalue weighted by Crippen LogP contribution is -2.28. The normalized spacial score (nSPS) is 12.5. The Kier molecular flexibility index (Phi) is 7.16. The van der Waals surface area contributed by atoms with Crippen molar-refractivity contribution in [2.75, 3.05) is 26.8 Å². The van der Waals surface area contributed by atoms with E-state index in [1.165, 1.54) is 5.56 Å². The lowest BCUT2D eigenvalue weighted by Gasteiger charge is -2.17. The van der Waals surface area contributed by atoms with Crippen molar-refractivity contribution in [1.29, 1.82) is 0 Å². The van der Waals surface area contributed by atoms with E-state index in [0.717, 1.165) is 43.3 Å². The molecule has 21 heavy (non-hydrogen) atoms. The van der Waals surface area contributed by atoms with E-state index in [1.54, 1.807) is 18.4 Å². The van der Waals surface area contributed by atoms with Gasteiger partial charge in [0.2, 0.25) is 0 Å². The number of nitrogens with zero attached hydrogens (tertiary/aromatic N) is 1. The molecule has 0 aliphatic rings. The number of hydrogen-bond donors (Lipinski definition) is 1. The fourth-order valence-electron chi connectivity index (χ4n) is 2.31. The molecule has 1 N–H and O–H groups in total. The molecule has 0 aliphatic carbocycles. The molecule has 1 aromatic carbocycles. The summed E-state index contributed by atoms with van der Waals surface area (Å²) in [6, 6.07) is 8.07. The number of methoxy groups -OCH3 is 1. The molecule has 0 amide bonds. The first kappa shape index (κ1) is 16.4. The van der Waals surface area contributed by atoms with Crippen LogP contribution >= 0.6 is 22.9 Å². The van der Waals surface area contributed by atoms with E-state index in [9.17, 15) is 0 Å². The van der Waals surface area contributed by atoms with Crippen molar-refractivity contribution >= 4 is 22.9 Å². The van der Waals surface area contributed by atoms with Gasteiger partial charge in [0.1, 0.15) is 0 Å². The first-order chi connectivity index (χ1) is 10.3. The minimum Gasteiger partial charge on any atom is -0.383 e. The van der Waals surface area contributed by atoms with E-state index >= 15 is 0 Å². The van der Waals surface area contributed by atoms with E-state index in [0.29, 0.717) is 5.92 Å². The van der Waals surface area contributed by atoms with Crippen LogP contribution in [-0.2, 0) is 17.6 Å². The topological polar surface area (TPSA) is 34.1 Å². The molecule has 0 radical (unpaired) electrons. The average molecular weight is 325 g/mol. The van der Waals surface area contributed by atoms with Gasteiger partial charge in [0.25, 0.3) is 0 Å². The van der Waals surface area contributed by atoms with Gasteiger partial charge in [-0.25, -0.2) is 4.98 Å². The SMILES string of the molecule is COCCNCC(Cc1cscn1)Cc1ccccc1Cl. The van der Waals surface area contributed by atoms with Crippen LogP contribution in [0.4, 0.5) is 0 Å². The van der Waals surface area contributed by atoms with Gasteiger partial charge in [-0.3, -0.25) is 0 Å².